The predicted octanol–water partition coefficient (Wildman–Crippen LogP) is 4.19. The van der Waals surface area contributed by atoms with E-state index in [9.17, 15) is 0 Å². The predicted molar refractivity (Wildman–Crippen MR) is 105 cm³/mol. The smallest absolute Gasteiger partial charge is 0.160 e. The maximum atomic E-state index is 6.29. The van der Waals surface area contributed by atoms with Crippen LogP contribution in [-0.4, -0.2) is 32.3 Å². The number of aromatic nitrogens is 4. The summed E-state index contributed by atoms with van der Waals surface area (Å²) >= 11 is 0. The number of fused-ring (bicyclic) bond motifs is 1. The van der Waals surface area contributed by atoms with E-state index in [1.54, 1.807) is 12.5 Å². The topological polar surface area (TPSA) is 75.7 Å². The molecule has 6 nitrogen and oxygen atoms in total. The highest BCUT2D eigenvalue weighted by Crippen LogP contribution is 2.30. The monoisotopic (exact) mass is 373 g/mol. The fourth-order valence-corrected chi connectivity index (χ4v) is 3.47. The van der Waals surface area contributed by atoms with E-state index < -0.39 is 0 Å². The van der Waals surface area contributed by atoms with Crippen molar-refractivity contribution in [3.63, 3.8) is 0 Å². The summed E-state index contributed by atoms with van der Waals surface area (Å²) in [6.45, 7) is 4.23. The lowest BCUT2D eigenvalue weighted by atomic mass is 10.1. The number of H-pyrrole nitrogens is 1. The molecule has 1 fully saturated rings. The minimum absolute atomic E-state index is 0. The van der Waals surface area contributed by atoms with Crippen molar-refractivity contribution in [1.82, 2.24) is 20.2 Å². The molecule has 1 aliphatic carbocycles. The number of ether oxygens (including phenoxy) is 1. The number of halogens is 1. The Morgan fingerprint density at radius 1 is 1.19 bits per heavy atom. The van der Waals surface area contributed by atoms with Crippen LogP contribution in [0.3, 0.4) is 0 Å². The van der Waals surface area contributed by atoms with E-state index in [1.165, 1.54) is 11.1 Å². The first kappa shape index (κ1) is 18.6. The standard InChI is InChI=1S/C19H23N5O.ClH/c1-12-3-5-14(6-4-12)13(2)25-16-8-7-15(9-16)23-18-17-10-22-24-19(17)21-11-20-18;/h3-6,10-11,13,15-16H,7-9H2,1-2H3,(H2,20,21,22,23,24);1H/t13?,15-,16-;/m0./s1. The molecule has 1 aromatic carbocycles. The Hall–Kier alpha value is -2.18. The van der Waals surface area contributed by atoms with Gasteiger partial charge in [-0.15, -0.1) is 12.4 Å². The van der Waals surface area contributed by atoms with Gasteiger partial charge in [0.25, 0.3) is 0 Å². The molecule has 2 N–H and O–H groups in total. The number of nitrogens with zero attached hydrogens (tertiary/aromatic N) is 3. The fraction of sp³-hybridized carbons (Fsp3) is 0.421. The summed E-state index contributed by atoms with van der Waals surface area (Å²) in [4.78, 5) is 8.54. The Kier molecular flexibility index (Phi) is 5.74. The van der Waals surface area contributed by atoms with Crippen molar-refractivity contribution in [2.24, 2.45) is 0 Å². The highest BCUT2D eigenvalue weighted by molar-refractivity contribution is 5.85. The van der Waals surface area contributed by atoms with Crippen LogP contribution in [0.2, 0.25) is 0 Å². The number of anilines is 1. The highest BCUT2D eigenvalue weighted by Gasteiger charge is 2.27. The molecule has 0 saturated heterocycles. The molecule has 0 spiro atoms. The number of aryl methyl sites for hydroxylation is 1. The molecule has 0 aliphatic heterocycles. The summed E-state index contributed by atoms with van der Waals surface area (Å²) in [7, 11) is 0. The quantitative estimate of drug-likeness (QED) is 0.701. The summed E-state index contributed by atoms with van der Waals surface area (Å²) in [6, 6.07) is 8.95. The molecular formula is C19H24ClN5O. The second-order valence-electron chi connectivity index (χ2n) is 6.82. The Morgan fingerprint density at radius 2 is 2.00 bits per heavy atom. The highest BCUT2D eigenvalue weighted by atomic mass is 35.5. The molecule has 1 aliphatic rings. The van der Waals surface area contributed by atoms with E-state index in [1.807, 2.05) is 0 Å². The zero-order chi connectivity index (χ0) is 17.2. The van der Waals surface area contributed by atoms with Crippen molar-refractivity contribution in [1.29, 1.82) is 0 Å². The van der Waals surface area contributed by atoms with Crippen molar-refractivity contribution >= 4 is 29.3 Å². The number of nitrogens with one attached hydrogen (secondary N) is 2. The Labute approximate surface area is 159 Å². The minimum atomic E-state index is 0. The van der Waals surface area contributed by atoms with E-state index in [0.717, 1.165) is 36.1 Å². The molecule has 26 heavy (non-hydrogen) atoms. The molecular weight excluding hydrogens is 350 g/mol. The van der Waals surface area contributed by atoms with Gasteiger partial charge in [0.05, 0.1) is 23.8 Å². The molecule has 7 heteroatoms. The van der Waals surface area contributed by atoms with Gasteiger partial charge in [0.2, 0.25) is 0 Å². The van der Waals surface area contributed by atoms with Gasteiger partial charge in [0, 0.05) is 6.04 Å². The van der Waals surface area contributed by atoms with Crippen LogP contribution in [0, 0.1) is 6.92 Å². The van der Waals surface area contributed by atoms with Crippen LogP contribution in [0.15, 0.2) is 36.8 Å². The molecule has 0 radical (unpaired) electrons. The second-order valence-corrected chi connectivity index (χ2v) is 6.82. The van der Waals surface area contributed by atoms with Gasteiger partial charge in [0.1, 0.15) is 12.1 Å². The Morgan fingerprint density at radius 3 is 2.81 bits per heavy atom. The van der Waals surface area contributed by atoms with E-state index in [4.69, 9.17) is 4.74 Å². The maximum absolute atomic E-state index is 6.29. The second kappa shape index (κ2) is 8.01. The normalized spacial score (nSPS) is 20.7. The first-order valence-corrected chi connectivity index (χ1v) is 8.81. The minimum Gasteiger partial charge on any atom is -0.371 e. The lowest BCUT2D eigenvalue weighted by Crippen LogP contribution is -2.19. The van der Waals surface area contributed by atoms with Crippen LogP contribution in [0.5, 0.6) is 0 Å². The summed E-state index contributed by atoms with van der Waals surface area (Å²) in [5, 5.41) is 11.4. The van der Waals surface area contributed by atoms with Gasteiger partial charge in [-0.2, -0.15) is 5.10 Å². The Balaban J connectivity index is 0.00000196. The van der Waals surface area contributed by atoms with Gasteiger partial charge in [-0.05, 0) is 38.7 Å². The third-order valence-electron chi connectivity index (χ3n) is 4.92. The first-order valence-electron chi connectivity index (χ1n) is 8.81. The first-order chi connectivity index (χ1) is 12.2. The van der Waals surface area contributed by atoms with E-state index >= 15 is 0 Å². The van der Waals surface area contributed by atoms with Crippen LogP contribution in [0.1, 0.15) is 43.4 Å². The van der Waals surface area contributed by atoms with Gasteiger partial charge < -0.3 is 10.1 Å². The molecule has 4 rings (SSSR count). The van der Waals surface area contributed by atoms with Crippen molar-refractivity contribution in [2.75, 3.05) is 5.32 Å². The zero-order valence-electron chi connectivity index (χ0n) is 15.0. The summed E-state index contributed by atoms with van der Waals surface area (Å²) in [5.74, 6) is 0.844. The van der Waals surface area contributed by atoms with Gasteiger partial charge in [-0.3, -0.25) is 5.10 Å². The van der Waals surface area contributed by atoms with Crippen molar-refractivity contribution in [3.8, 4) is 0 Å². The van der Waals surface area contributed by atoms with Crippen LogP contribution < -0.4 is 5.32 Å². The molecule has 138 valence electrons. The molecule has 2 heterocycles. The van der Waals surface area contributed by atoms with E-state index in [0.29, 0.717) is 6.04 Å². The van der Waals surface area contributed by atoms with Gasteiger partial charge in [0.15, 0.2) is 5.65 Å². The zero-order valence-corrected chi connectivity index (χ0v) is 15.8. The molecule has 3 aromatic rings. The summed E-state index contributed by atoms with van der Waals surface area (Å²) < 4.78 is 6.29. The largest absolute Gasteiger partial charge is 0.371 e. The average Bonchev–Trinajstić information content (AvgIpc) is 3.25. The maximum Gasteiger partial charge on any atom is 0.160 e. The Bertz CT molecular complexity index is 851. The average molecular weight is 374 g/mol. The van der Waals surface area contributed by atoms with Crippen molar-refractivity contribution < 1.29 is 4.74 Å². The van der Waals surface area contributed by atoms with Crippen LogP contribution in [0.25, 0.3) is 11.0 Å². The van der Waals surface area contributed by atoms with Gasteiger partial charge in [-0.1, -0.05) is 29.8 Å². The molecule has 1 saturated carbocycles. The molecule has 3 atom stereocenters. The van der Waals surface area contributed by atoms with Crippen LogP contribution >= 0.6 is 12.4 Å². The third-order valence-corrected chi connectivity index (χ3v) is 4.92. The van der Waals surface area contributed by atoms with E-state index in [2.05, 4.69) is 63.6 Å². The molecule has 0 amide bonds. The van der Waals surface area contributed by atoms with Crippen molar-refractivity contribution in [3.05, 3.63) is 47.9 Å². The number of aromatic amines is 1. The lowest BCUT2D eigenvalue weighted by molar-refractivity contribution is 0.000614. The van der Waals surface area contributed by atoms with Crippen LogP contribution in [-0.2, 0) is 4.74 Å². The summed E-state index contributed by atoms with van der Waals surface area (Å²) in [6.07, 6.45) is 6.84. The third kappa shape index (κ3) is 3.97. The number of hydrogen-bond acceptors (Lipinski definition) is 5. The summed E-state index contributed by atoms with van der Waals surface area (Å²) in [5.41, 5.74) is 3.27. The number of rotatable bonds is 5. The SMILES string of the molecule is Cc1ccc(C(C)O[C@H]2CC[C@H](Nc3ncnc4[nH]ncc34)C2)cc1.Cl. The molecule has 1 unspecified atom stereocenters. The van der Waals surface area contributed by atoms with Gasteiger partial charge >= 0.3 is 0 Å². The fourth-order valence-electron chi connectivity index (χ4n) is 3.47. The van der Waals surface area contributed by atoms with E-state index in [-0.39, 0.29) is 24.6 Å². The molecule has 2 aromatic heterocycles. The van der Waals surface area contributed by atoms with Crippen molar-refractivity contribution in [2.45, 2.75) is 51.4 Å². The lowest BCUT2D eigenvalue weighted by Gasteiger charge is -2.20. The number of hydrogen-bond donors (Lipinski definition) is 2. The number of benzene rings is 1. The molecule has 0 bridgehead atoms. The van der Waals surface area contributed by atoms with Gasteiger partial charge in [-0.25, -0.2) is 9.97 Å². The van der Waals surface area contributed by atoms with Crippen LogP contribution in [0.4, 0.5) is 5.82 Å².